The summed E-state index contributed by atoms with van der Waals surface area (Å²) in [6, 6.07) is 1.80. The van der Waals surface area contributed by atoms with E-state index < -0.39 is 0 Å². The zero-order chi connectivity index (χ0) is 12.6. The van der Waals surface area contributed by atoms with Gasteiger partial charge in [-0.1, -0.05) is 11.6 Å². The van der Waals surface area contributed by atoms with E-state index in [2.05, 4.69) is 15.1 Å². The Hall–Kier alpha value is -1.46. The molecule has 0 atom stereocenters. The van der Waals surface area contributed by atoms with Gasteiger partial charge in [-0.05, 0) is 20.8 Å². The highest BCUT2D eigenvalue weighted by atomic mass is 35.5. The van der Waals surface area contributed by atoms with Crippen LogP contribution in [-0.4, -0.2) is 24.9 Å². The molecule has 0 fully saturated rings. The van der Waals surface area contributed by atoms with E-state index >= 15 is 0 Å². The summed E-state index contributed by atoms with van der Waals surface area (Å²) in [5.41, 5.74) is 2.18. The number of aromatic nitrogens is 4. The number of nitrogens with zero attached hydrogens (tertiary/aromatic N) is 4. The molecule has 0 amide bonds. The Morgan fingerprint density at radius 3 is 2.53 bits per heavy atom. The average molecular weight is 253 g/mol. The molecule has 0 saturated heterocycles. The third-order valence-electron chi connectivity index (χ3n) is 2.45. The molecular formula is C11H13ClN4O. The first kappa shape index (κ1) is 12.0. The summed E-state index contributed by atoms with van der Waals surface area (Å²) in [5.74, 6) is 1.28. The van der Waals surface area contributed by atoms with Crippen LogP contribution in [0, 0.1) is 20.8 Å². The molecule has 0 aromatic carbocycles. The van der Waals surface area contributed by atoms with Crippen molar-refractivity contribution < 1.29 is 5.11 Å². The minimum absolute atomic E-state index is 0.131. The van der Waals surface area contributed by atoms with E-state index in [1.165, 1.54) is 4.68 Å². The predicted molar refractivity (Wildman–Crippen MR) is 64.3 cm³/mol. The third-order valence-corrected chi connectivity index (χ3v) is 2.84. The SMILES string of the molecule is Cc1cc(-n2nc(C)c(CO)c2Cl)nc(C)n1. The fraction of sp³-hybridized carbons (Fsp3) is 0.364. The molecule has 90 valence electrons. The largest absolute Gasteiger partial charge is 0.391 e. The number of hydrogen-bond donors (Lipinski definition) is 1. The van der Waals surface area contributed by atoms with Crippen LogP contribution < -0.4 is 0 Å². The van der Waals surface area contributed by atoms with Crippen LogP contribution in [0.25, 0.3) is 5.82 Å². The maximum Gasteiger partial charge on any atom is 0.159 e. The van der Waals surface area contributed by atoms with Gasteiger partial charge in [-0.15, -0.1) is 0 Å². The number of aliphatic hydroxyl groups is 1. The van der Waals surface area contributed by atoms with Gasteiger partial charge in [-0.2, -0.15) is 5.10 Å². The maximum atomic E-state index is 9.20. The molecule has 1 N–H and O–H groups in total. The minimum Gasteiger partial charge on any atom is -0.391 e. The van der Waals surface area contributed by atoms with Crippen molar-refractivity contribution in [2.75, 3.05) is 0 Å². The van der Waals surface area contributed by atoms with Gasteiger partial charge in [0.25, 0.3) is 0 Å². The number of aliphatic hydroxyl groups excluding tert-OH is 1. The highest BCUT2D eigenvalue weighted by molar-refractivity contribution is 6.30. The molecule has 5 nitrogen and oxygen atoms in total. The third kappa shape index (κ3) is 2.16. The fourth-order valence-electron chi connectivity index (χ4n) is 1.67. The van der Waals surface area contributed by atoms with E-state index in [1.807, 2.05) is 13.8 Å². The summed E-state index contributed by atoms with van der Waals surface area (Å²) in [6.07, 6.45) is 0. The lowest BCUT2D eigenvalue weighted by atomic mass is 10.3. The second-order valence-corrected chi connectivity index (χ2v) is 4.20. The summed E-state index contributed by atoms with van der Waals surface area (Å²) in [5, 5.41) is 13.9. The van der Waals surface area contributed by atoms with E-state index in [-0.39, 0.29) is 6.61 Å². The number of halogens is 1. The van der Waals surface area contributed by atoms with E-state index in [4.69, 9.17) is 11.6 Å². The van der Waals surface area contributed by atoms with Gasteiger partial charge in [0.2, 0.25) is 0 Å². The van der Waals surface area contributed by atoms with Gasteiger partial charge in [0.1, 0.15) is 11.0 Å². The molecule has 0 spiro atoms. The maximum absolute atomic E-state index is 9.20. The topological polar surface area (TPSA) is 63.8 Å². The van der Waals surface area contributed by atoms with Crippen LogP contribution in [0.5, 0.6) is 0 Å². The zero-order valence-corrected chi connectivity index (χ0v) is 10.7. The molecule has 6 heteroatoms. The molecule has 2 aromatic heterocycles. The van der Waals surface area contributed by atoms with E-state index in [0.717, 1.165) is 5.69 Å². The molecule has 0 aliphatic heterocycles. The van der Waals surface area contributed by atoms with Crippen LogP contribution in [0.1, 0.15) is 22.8 Å². The first-order chi connectivity index (χ1) is 8.02. The standard InChI is InChI=1S/C11H13ClN4O/c1-6-4-10(14-8(3)13-6)16-11(12)9(5-17)7(2)15-16/h4,17H,5H2,1-3H3. The van der Waals surface area contributed by atoms with Crippen molar-refractivity contribution in [3.8, 4) is 5.82 Å². The van der Waals surface area contributed by atoms with Gasteiger partial charge in [0, 0.05) is 17.3 Å². The first-order valence-corrected chi connectivity index (χ1v) is 5.58. The van der Waals surface area contributed by atoms with Gasteiger partial charge >= 0.3 is 0 Å². The minimum atomic E-state index is -0.131. The highest BCUT2D eigenvalue weighted by Gasteiger charge is 2.15. The molecule has 0 bridgehead atoms. The molecular weight excluding hydrogens is 240 g/mol. The second kappa shape index (κ2) is 4.43. The van der Waals surface area contributed by atoms with Crippen molar-refractivity contribution >= 4 is 11.6 Å². The molecule has 0 aliphatic carbocycles. The summed E-state index contributed by atoms with van der Waals surface area (Å²) < 4.78 is 1.52. The summed E-state index contributed by atoms with van der Waals surface area (Å²) in [4.78, 5) is 8.47. The van der Waals surface area contributed by atoms with Crippen LogP contribution in [0.3, 0.4) is 0 Å². The second-order valence-electron chi connectivity index (χ2n) is 3.84. The Kier molecular flexibility index (Phi) is 3.13. The Balaban J connectivity index is 2.60. The Morgan fingerprint density at radius 1 is 1.29 bits per heavy atom. The lowest BCUT2D eigenvalue weighted by molar-refractivity contribution is 0.281. The van der Waals surface area contributed by atoms with Gasteiger partial charge in [0.05, 0.1) is 12.3 Å². The molecule has 2 aromatic rings. The summed E-state index contributed by atoms with van der Waals surface area (Å²) >= 11 is 6.15. The lowest BCUT2D eigenvalue weighted by Gasteiger charge is -2.04. The zero-order valence-electron chi connectivity index (χ0n) is 9.90. The van der Waals surface area contributed by atoms with Crippen molar-refractivity contribution in [2.45, 2.75) is 27.4 Å². The van der Waals surface area contributed by atoms with Crippen LogP contribution in [0.4, 0.5) is 0 Å². The summed E-state index contributed by atoms with van der Waals surface area (Å²) in [7, 11) is 0. The molecule has 2 rings (SSSR count). The summed E-state index contributed by atoms with van der Waals surface area (Å²) in [6.45, 7) is 5.37. The number of aryl methyl sites for hydroxylation is 3. The predicted octanol–water partition coefficient (Wildman–Crippen LogP) is 1.73. The van der Waals surface area contributed by atoms with Gasteiger partial charge in [0.15, 0.2) is 5.82 Å². The molecule has 0 aliphatic rings. The van der Waals surface area contributed by atoms with Gasteiger partial charge in [-0.3, -0.25) is 0 Å². The highest BCUT2D eigenvalue weighted by Crippen LogP contribution is 2.22. The molecule has 17 heavy (non-hydrogen) atoms. The van der Waals surface area contributed by atoms with E-state index in [9.17, 15) is 5.11 Å². The lowest BCUT2D eigenvalue weighted by Crippen LogP contribution is -2.03. The Bertz CT molecular complexity index is 545. The van der Waals surface area contributed by atoms with Gasteiger partial charge < -0.3 is 5.11 Å². The molecule has 0 radical (unpaired) electrons. The molecule has 0 unspecified atom stereocenters. The van der Waals surface area contributed by atoms with Crippen molar-refractivity contribution in [2.24, 2.45) is 0 Å². The van der Waals surface area contributed by atoms with Crippen molar-refractivity contribution in [1.29, 1.82) is 0 Å². The van der Waals surface area contributed by atoms with Crippen LogP contribution in [0.2, 0.25) is 5.15 Å². The Labute approximate surface area is 104 Å². The van der Waals surface area contributed by atoms with E-state index in [1.54, 1.807) is 13.0 Å². The quantitative estimate of drug-likeness (QED) is 0.884. The van der Waals surface area contributed by atoms with Crippen LogP contribution >= 0.6 is 11.6 Å². The number of hydrogen-bond acceptors (Lipinski definition) is 4. The van der Waals surface area contributed by atoms with Crippen molar-refractivity contribution in [3.63, 3.8) is 0 Å². The smallest absolute Gasteiger partial charge is 0.159 e. The van der Waals surface area contributed by atoms with E-state index in [0.29, 0.717) is 28.1 Å². The normalized spacial score (nSPS) is 10.9. The van der Waals surface area contributed by atoms with Crippen LogP contribution in [0.15, 0.2) is 6.07 Å². The molecule has 2 heterocycles. The van der Waals surface area contributed by atoms with Gasteiger partial charge in [-0.25, -0.2) is 14.6 Å². The molecule has 0 saturated carbocycles. The monoisotopic (exact) mass is 252 g/mol. The fourth-order valence-corrected chi connectivity index (χ4v) is 1.99. The first-order valence-electron chi connectivity index (χ1n) is 5.20. The number of rotatable bonds is 2. The Morgan fingerprint density at radius 2 is 2.00 bits per heavy atom. The van der Waals surface area contributed by atoms with Crippen molar-refractivity contribution in [1.82, 2.24) is 19.7 Å². The average Bonchev–Trinajstić information content (AvgIpc) is 2.52. The van der Waals surface area contributed by atoms with Crippen LogP contribution in [-0.2, 0) is 6.61 Å². The van der Waals surface area contributed by atoms with Crippen molar-refractivity contribution in [3.05, 3.63) is 34.0 Å².